The fraction of sp³-hybridized carbons (Fsp3) is 0.647. The lowest BCUT2D eigenvalue weighted by molar-refractivity contribution is 0.207. The van der Waals surface area contributed by atoms with Crippen molar-refractivity contribution in [2.75, 3.05) is 6.61 Å². The Kier molecular flexibility index (Phi) is 4.56. The van der Waals surface area contributed by atoms with Gasteiger partial charge in [-0.2, -0.15) is 0 Å². The van der Waals surface area contributed by atoms with Crippen LogP contribution in [-0.2, 0) is 6.54 Å². The van der Waals surface area contributed by atoms with Crippen LogP contribution in [0.5, 0.6) is 5.75 Å². The molecule has 2 aliphatic rings. The molecule has 3 rings (SSSR count). The van der Waals surface area contributed by atoms with Gasteiger partial charge in [-0.1, -0.05) is 19.3 Å². The maximum atomic E-state index is 13.4. The van der Waals surface area contributed by atoms with E-state index in [2.05, 4.69) is 5.32 Å². The minimum absolute atomic E-state index is 0.178. The molecule has 0 spiro atoms. The predicted molar refractivity (Wildman–Crippen MR) is 78.3 cm³/mol. The highest BCUT2D eigenvalue weighted by Gasteiger charge is 2.21. The molecule has 2 fully saturated rings. The number of halogens is 1. The highest BCUT2D eigenvalue weighted by Crippen LogP contribution is 2.27. The SMILES string of the molecule is Fc1ccc(OCC2CCCCC2)c(CNC2CC2)c1. The molecule has 0 aromatic heterocycles. The zero-order chi connectivity index (χ0) is 13.8. The zero-order valence-corrected chi connectivity index (χ0v) is 12.0. The van der Waals surface area contributed by atoms with Gasteiger partial charge in [-0.15, -0.1) is 0 Å². The molecule has 0 amide bonds. The van der Waals surface area contributed by atoms with E-state index in [1.807, 2.05) is 0 Å². The molecular formula is C17H24FNO. The molecule has 110 valence electrons. The number of hydrogen-bond acceptors (Lipinski definition) is 2. The predicted octanol–water partition coefficient (Wildman–Crippen LogP) is 4.04. The number of nitrogens with one attached hydrogen (secondary N) is 1. The molecule has 20 heavy (non-hydrogen) atoms. The van der Waals surface area contributed by atoms with Crippen LogP contribution in [0, 0.1) is 11.7 Å². The first kappa shape index (κ1) is 13.9. The summed E-state index contributed by atoms with van der Waals surface area (Å²) in [6.07, 6.45) is 9.06. The quantitative estimate of drug-likeness (QED) is 0.847. The number of benzene rings is 1. The van der Waals surface area contributed by atoms with Crippen LogP contribution < -0.4 is 10.1 Å². The highest BCUT2D eigenvalue weighted by molar-refractivity contribution is 5.34. The van der Waals surface area contributed by atoms with Crippen molar-refractivity contribution in [3.05, 3.63) is 29.6 Å². The molecular weight excluding hydrogens is 253 g/mol. The average Bonchev–Trinajstić information content (AvgIpc) is 3.29. The summed E-state index contributed by atoms with van der Waals surface area (Å²) in [6.45, 7) is 1.49. The summed E-state index contributed by atoms with van der Waals surface area (Å²) in [5.74, 6) is 1.35. The summed E-state index contributed by atoms with van der Waals surface area (Å²) in [5.41, 5.74) is 0.952. The summed E-state index contributed by atoms with van der Waals surface area (Å²) >= 11 is 0. The summed E-state index contributed by atoms with van der Waals surface area (Å²) in [5, 5.41) is 3.43. The molecule has 1 N–H and O–H groups in total. The molecule has 0 atom stereocenters. The Morgan fingerprint density at radius 2 is 1.90 bits per heavy atom. The van der Waals surface area contributed by atoms with Gasteiger partial charge < -0.3 is 10.1 Å². The van der Waals surface area contributed by atoms with Crippen LogP contribution in [-0.4, -0.2) is 12.6 Å². The van der Waals surface area contributed by atoms with Gasteiger partial charge in [0.25, 0.3) is 0 Å². The van der Waals surface area contributed by atoms with Crippen molar-refractivity contribution in [1.29, 1.82) is 0 Å². The smallest absolute Gasteiger partial charge is 0.123 e. The molecule has 0 saturated heterocycles. The second-order valence-corrected chi connectivity index (χ2v) is 6.22. The Bertz CT molecular complexity index is 439. The van der Waals surface area contributed by atoms with Crippen molar-refractivity contribution in [2.45, 2.75) is 57.5 Å². The van der Waals surface area contributed by atoms with E-state index in [-0.39, 0.29) is 5.82 Å². The molecule has 0 heterocycles. The summed E-state index contributed by atoms with van der Waals surface area (Å²) in [7, 11) is 0. The van der Waals surface area contributed by atoms with Crippen molar-refractivity contribution in [3.8, 4) is 5.75 Å². The van der Waals surface area contributed by atoms with Gasteiger partial charge in [0.2, 0.25) is 0 Å². The van der Waals surface area contributed by atoms with Gasteiger partial charge >= 0.3 is 0 Å². The zero-order valence-electron chi connectivity index (χ0n) is 12.0. The Labute approximate surface area is 120 Å². The lowest BCUT2D eigenvalue weighted by Crippen LogP contribution is -2.18. The normalized spacial score (nSPS) is 20.1. The molecule has 2 nitrogen and oxygen atoms in total. The molecule has 0 bridgehead atoms. The minimum atomic E-state index is -0.178. The van der Waals surface area contributed by atoms with E-state index in [1.54, 1.807) is 12.1 Å². The second-order valence-electron chi connectivity index (χ2n) is 6.22. The Morgan fingerprint density at radius 3 is 2.65 bits per heavy atom. The van der Waals surface area contributed by atoms with Gasteiger partial charge in [0.05, 0.1) is 6.61 Å². The first-order valence-electron chi connectivity index (χ1n) is 7.96. The van der Waals surface area contributed by atoms with Gasteiger partial charge in [-0.05, 0) is 49.8 Å². The van der Waals surface area contributed by atoms with Gasteiger partial charge in [-0.25, -0.2) is 4.39 Å². The second kappa shape index (κ2) is 6.57. The molecule has 1 aromatic carbocycles. The van der Waals surface area contributed by atoms with E-state index in [9.17, 15) is 4.39 Å². The molecule has 3 heteroatoms. The summed E-state index contributed by atoms with van der Waals surface area (Å²) in [6, 6.07) is 5.51. The topological polar surface area (TPSA) is 21.3 Å². The van der Waals surface area contributed by atoms with Crippen LogP contribution in [0.1, 0.15) is 50.5 Å². The number of rotatable bonds is 6. The fourth-order valence-corrected chi connectivity index (χ4v) is 2.93. The number of hydrogen-bond donors (Lipinski definition) is 1. The van der Waals surface area contributed by atoms with E-state index < -0.39 is 0 Å². The van der Waals surface area contributed by atoms with Crippen molar-refractivity contribution in [2.24, 2.45) is 5.92 Å². The van der Waals surface area contributed by atoms with Crippen LogP contribution in [0.25, 0.3) is 0 Å². The minimum Gasteiger partial charge on any atom is -0.493 e. The largest absolute Gasteiger partial charge is 0.493 e. The van der Waals surface area contributed by atoms with Gasteiger partial charge in [0.1, 0.15) is 11.6 Å². The maximum Gasteiger partial charge on any atom is 0.123 e. The van der Waals surface area contributed by atoms with E-state index in [4.69, 9.17) is 4.74 Å². The standard InChI is InChI=1S/C17H24FNO/c18-15-6-9-17(14(10-15)11-19-16-7-8-16)20-12-13-4-2-1-3-5-13/h6,9-10,13,16,19H,1-5,7-8,11-12H2. The van der Waals surface area contributed by atoms with E-state index in [0.717, 1.165) is 17.9 Å². The van der Waals surface area contributed by atoms with Crippen LogP contribution >= 0.6 is 0 Å². The molecule has 0 radical (unpaired) electrons. The monoisotopic (exact) mass is 277 g/mol. The maximum absolute atomic E-state index is 13.4. The lowest BCUT2D eigenvalue weighted by Gasteiger charge is -2.22. The Balaban J connectivity index is 1.58. The summed E-state index contributed by atoms with van der Waals surface area (Å²) < 4.78 is 19.4. The number of ether oxygens (including phenoxy) is 1. The molecule has 0 unspecified atom stereocenters. The lowest BCUT2D eigenvalue weighted by atomic mass is 9.90. The van der Waals surface area contributed by atoms with Crippen molar-refractivity contribution in [1.82, 2.24) is 5.32 Å². The fourth-order valence-electron chi connectivity index (χ4n) is 2.93. The first-order chi connectivity index (χ1) is 9.81. The van der Waals surface area contributed by atoms with E-state index in [1.165, 1.54) is 51.0 Å². The van der Waals surface area contributed by atoms with Crippen LogP contribution in [0.15, 0.2) is 18.2 Å². The molecule has 2 aliphatic carbocycles. The third-order valence-corrected chi connectivity index (χ3v) is 4.38. The van der Waals surface area contributed by atoms with Crippen LogP contribution in [0.4, 0.5) is 4.39 Å². The third kappa shape index (κ3) is 3.95. The summed E-state index contributed by atoms with van der Waals surface area (Å²) in [4.78, 5) is 0. The van der Waals surface area contributed by atoms with Gasteiger partial charge in [-0.3, -0.25) is 0 Å². The Hall–Kier alpha value is -1.09. The van der Waals surface area contributed by atoms with Crippen LogP contribution in [0.2, 0.25) is 0 Å². The van der Waals surface area contributed by atoms with E-state index >= 15 is 0 Å². The van der Waals surface area contributed by atoms with Gasteiger partial charge in [0, 0.05) is 18.2 Å². The van der Waals surface area contributed by atoms with Gasteiger partial charge in [0.15, 0.2) is 0 Å². The molecule has 1 aromatic rings. The average molecular weight is 277 g/mol. The van der Waals surface area contributed by atoms with Crippen molar-refractivity contribution in [3.63, 3.8) is 0 Å². The molecule has 0 aliphatic heterocycles. The highest BCUT2D eigenvalue weighted by atomic mass is 19.1. The first-order valence-corrected chi connectivity index (χ1v) is 7.96. The van der Waals surface area contributed by atoms with Crippen LogP contribution in [0.3, 0.4) is 0 Å². The van der Waals surface area contributed by atoms with Crippen molar-refractivity contribution >= 4 is 0 Å². The molecule has 2 saturated carbocycles. The van der Waals surface area contributed by atoms with Crippen molar-refractivity contribution < 1.29 is 9.13 Å². The Morgan fingerprint density at radius 1 is 1.10 bits per heavy atom. The van der Waals surface area contributed by atoms with E-state index in [0.29, 0.717) is 18.5 Å². The third-order valence-electron chi connectivity index (χ3n) is 4.38.